The first-order chi connectivity index (χ1) is 12.4. The van der Waals surface area contributed by atoms with Crippen LogP contribution in [-0.4, -0.2) is 25.9 Å². The summed E-state index contributed by atoms with van der Waals surface area (Å²) >= 11 is 0. The van der Waals surface area contributed by atoms with Crippen molar-refractivity contribution in [3.05, 3.63) is 54.1 Å². The fourth-order valence-electron chi connectivity index (χ4n) is 2.69. The number of carbonyl (C=O) groups is 2. The van der Waals surface area contributed by atoms with Crippen LogP contribution in [0.5, 0.6) is 0 Å². The number of hydrogen-bond donors (Lipinski definition) is 2. The number of para-hydroxylation sites is 1. The summed E-state index contributed by atoms with van der Waals surface area (Å²) in [6.07, 6.45) is 0.351. The van der Waals surface area contributed by atoms with Gasteiger partial charge in [0, 0.05) is 25.5 Å². The van der Waals surface area contributed by atoms with E-state index in [4.69, 9.17) is 0 Å². The van der Waals surface area contributed by atoms with Gasteiger partial charge in [-0.05, 0) is 42.8 Å². The van der Waals surface area contributed by atoms with Crippen molar-refractivity contribution in [2.24, 2.45) is 11.8 Å². The zero-order valence-electron chi connectivity index (χ0n) is 14.4. The largest absolute Gasteiger partial charge is 0.378 e. The molecule has 2 aromatic carbocycles. The van der Waals surface area contributed by atoms with Crippen LogP contribution in [0.1, 0.15) is 6.42 Å². The van der Waals surface area contributed by atoms with Crippen molar-refractivity contribution < 1.29 is 18.4 Å². The molecule has 2 N–H and O–H groups in total. The van der Waals surface area contributed by atoms with Crippen molar-refractivity contribution in [1.82, 2.24) is 0 Å². The van der Waals surface area contributed by atoms with Crippen LogP contribution < -0.4 is 15.5 Å². The van der Waals surface area contributed by atoms with Gasteiger partial charge in [-0.25, -0.2) is 8.78 Å². The van der Waals surface area contributed by atoms with E-state index >= 15 is 0 Å². The molecule has 0 saturated heterocycles. The van der Waals surface area contributed by atoms with Gasteiger partial charge in [-0.15, -0.1) is 0 Å². The molecule has 2 amide bonds. The monoisotopic (exact) mass is 359 g/mol. The SMILES string of the molecule is CN(C)c1ccc(NC(=O)C2CC2C(=O)Nc2c(F)cccc2F)cc1. The summed E-state index contributed by atoms with van der Waals surface area (Å²) in [6, 6.07) is 10.6. The molecule has 1 aliphatic rings. The smallest absolute Gasteiger partial charge is 0.228 e. The molecule has 2 atom stereocenters. The summed E-state index contributed by atoms with van der Waals surface area (Å²) in [5.74, 6) is -3.62. The number of rotatable bonds is 5. The predicted octanol–water partition coefficient (Wildman–Crippen LogP) is 3.24. The highest BCUT2D eigenvalue weighted by Gasteiger charge is 2.48. The average molecular weight is 359 g/mol. The molecule has 136 valence electrons. The molecule has 0 heterocycles. The van der Waals surface area contributed by atoms with E-state index < -0.39 is 35.1 Å². The van der Waals surface area contributed by atoms with Crippen LogP contribution in [0.4, 0.5) is 25.8 Å². The first kappa shape index (κ1) is 17.8. The van der Waals surface area contributed by atoms with E-state index in [9.17, 15) is 18.4 Å². The first-order valence-electron chi connectivity index (χ1n) is 8.20. The lowest BCUT2D eigenvalue weighted by molar-refractivity contribution is -0.122. The van der Waals surface area contributed by atoms with Gasteiger partial charge in [0.2, 0.25) is 11.8 Å². The molecule has 0 spiro atoms. The average Bonchev–Trinajstić information content (AvgIpc) is 3.39. The Morgan fingerprint density at radius 2 is 1.46 bits per heavy atom. The molecule has 5 nitrogen and oxygen atoms in total. The Labute approximate surface area is 150 Å². The third-order valence-electron chi connectivity index (χ3n) is 4.33. The van der Waals surface area contributed by atoms with Gasteiger partial charge in [0.15, 0.2) is 0 Å². The summed E-state index contributed by atoms with van der Waals surface area (Å²) in [5.41, 5.74) is 1.15. The first-order valence-corrected chi connectivity index (χ1v) is 8.20. The van der Waals surface area contributed by atoms with Crippen molar-refractivity contribution >= 4 is 28.9 Å². The normalized spacial score (nSPS) is 18.2. The summed E-state index contributed by atoms with van der Waals surface area (Å²) < 4.78 is 27.2. The van der Waals surface area contributed by atoms with Crippen molar-refractivity contribution in [3.63, 3.8) is 0 Å². The van der Waals surface area contributed by atoms with Crippen molar-refractivity contribution in [2.45, 2.75) is 6.42 Å². The van der Waals surface area contributed by atoms with Crippen LogP contribution in [0.3, 0.4) is 0 Å². The Morgan fingerprint density at radius 1 is 0.923 bits per heavy atom. The van der Waals surface area contributed by atoms with Crippen LogP contribution in [0.15, 0.2) is 42.5 Å². The standard InChI is InChI=1S/C19H19F2N3O2/c1-24(2)12-8-6-11(7-9-12)22-18(25)13-10-14(13)19(26)23-17-15(20)4-3-5-16(17)21/h3-9,13-14H,10H2,1-2H3,(H,22,25)(H,23,26). The second-order valence-corrected chi connectivity index (χ2v) is 6.47. The topological polar surface area (TPSA) is 61.4 Å². The number of anilines is 3. The summed E-state index contributed by atoms with van der Waals surface area (Å²) in [6.45, 7) is 0. The molecule has 3 rings (SSSR count). The zero-order valence-corrected chi connectivity index (χ0v) is 14.4. The number of carbonyl (C=O) groups excluding carboxylic acids is 2. The minimum atomic E-state index is -0.846. The molecular weight excluding hydrogens is 340 g/mol. The molecular formula is C19H19F2N3O2. The second-order valence-electron chi connectivity index (χ2n) is 6.47. The van der Waals surface area contributed by atoms with E-state index in [2.05, 4.69) is 10.6 Å². The van der Waals surface area contributed by atoms with Crippen LogP contribution >= 0.6 is 0 Å². The van der Waals surface area contributed by atoms with Crippen molar-refractivity contribution in [3.8, 4) is 0 Å². The van der Waals surface area contributed by atoms with Gasteiger partial charge in [0.05, 0.1) is 11.8 Å². The van der Waals surface area contributed by atoms with E-state index in [-0.39, 0.29) is 5.91 Å². The molecule has 0 aromatic heterocycles. The van der Waals surface area contributed by atoms with Gasteiger partial charge >= 0.3 is 0 Å². The predicted molar refractivity (Wildman–Crippen MR) is 96.0 cm³/mol. The fourth-order valence-corrected chi connectivity index (χ4v) is 2.69. The number of hydrogen-bond acceptors (Lipinski definition) is 3. The molecule has 26 heavy (non-hydrogen) atoms. The van der Waals surface area contributed by atoms with Crippen LogP contribution in [0, 0.1) is 23.5 Å². The van der Waals surface area contributed by atoms with E-state index in [0.717, 1.165) is 17.8 Å². The molecule has 0 aliphatic heterocycles. The third-order valence-corrected chi connectivity index (χ3v) is 4.33. The van der Waals surface area contributed by atoms with Gasteiger partial charge in [0.25, 0.3) is 0 Å². The quantitative estimate of drug-likeness (QED) is 0.862. The molecule has 0 radical (unpaired) electrons. The Bertz CT molecular complexity index is 817. The minimum absolute atomic E-state index is 0.281. The van der Waals surface area contributed by atoms with E-state index in [0.29, 0.717) is 12.1 Å². The molecule has 2 unspecified atom stereocenters. The summed E-state index contributed by atoms with van der Waals surface area (Å²) in [4.78, 5) is 26.3. The minimum Gasteiger partial charge on any atom is -0.378 e. The fraction of sp³-hybridized carbons (Fsp3) is 0.263. The highest BCUT2D eigenvalue weighted by molar-refractivity contribution is 6.03. The summed E-state index contributed by atoms with van der Waals surface area (Å²) in [5, 5.41) is 4.99. The number of amides is 2. The van der Waals surface area contributed by atoms with E-state index in [1.165, 1.54) is 6.07 Å². The molecule has 1 saturated carbocycles. The maximum Gasteiger partial charge on any atom is 0.228 e. The number of nitrogens with one attached hydrogen (secondary N) is 2. The highest BCUT2D eigenvalue weighted by Crippen LogP contribution is 2.40. The maximum atomic E-state index is 13.6. The second kappa shape index (κ2) is 7.11. The Morgan fingerprint density at radius 3 is 2.00 bits per heavy atom. The van der Waals surface area contributed by atoms with E-state index in [1.54, 1.807) is 12.1 Å². The van der Waals surface area contributed by atoms with Gasteiger partial charge in [0.1, 0.15) is 17.3 Å². The third kappa shape index (κ3) is 3.82. The van der Waals surface area contributed by atoms with Gasteiger partial charge in [-0.2, -0.15) is 0 Å². The van der Waals surface area contributed by atoms with Crippen molar-refractivity contribution in [2.75, 3.05) is 29.6 Å². The zero-order chi connectivity index (χ0) is 18.8. The van der Waals surface area contributed by atoms with Crippen LogP contribution in [0.25, 0.3) is 0 Å². The van der Waals surface area contributed by atoms with Crippen LogP contribution in [-0.2, 0) is 9.59 Å². The lowest BCUT2D eigenvalue weighted by atomic mass is 10.2. The molecule has 2 aromatic rings. The molecule has 0 bridgehead atoms. The number of benzene rings is 2. The lowest BCUT2D eigenvalue weighted by Gasteiger charge is -2.13. The number of nitrogens with zero attached hydrogens (tertiary/aromatic N) is 1. The Hall–Kier alpha value is -2.96. The van der Waals surface area contributed by atoms with Crippen molar-refractivity contribution in [1.29, 1.82) is 0 Å². The molecule has 7 heteroatoms. The number of halogens is 2. The Balaban J connectivity index is 1.57. The lowest BCUT2D eigenvalue weighted by Crippen LogP contribution is -2.21. The van der Waals surface area contributed by atoms with Gasteiger partial charge < -0.3 is 15.5 Å². The highest BCUT2D eigenvalue weighted by atomic mass is 19.1. The summed E-state index contributed by atoms with van der Waals surface area (Å²) in [7, 11) is 3.83. The maximum absolute atomic E-state index is 13.6. The van der Waals surface area contributed by atoms with Crippen LogP contribution in [0.2, 0.25) is 0 Å². The molecule has 1 aliphatic carbocycles. The van der Waals surface area contributed by atoms with Gasteiger partial charge in [-0.3, -0.25) is 9.59 Å². The molecule has 1 fully saturated rings. The van der Waals surface area contributed by atoms with Gasteiger partial charge in [-0.1, -0.05) is 6.07 Å². The Kier molecular flexibility index (Phi) is 4.88. The van der Waals surface area contributed by atoms with E-state index in [1.807, 2.05) is 31.1 Å².